The third-order valence-corrected chi connectivity index (χ3v) is 5.40. The molecule has 0 saturated carbocycles. The Morgan fingerprint density at radius 3 is 2.76 bits per heavy atom. The SMILES string of the molecule is CNc1ccc(S(=O)(=O)N2CCOCC2C)c([N+](=O)[O-])c1. The summed E-state index contributed by atoms with van der Waals surface area (Å²) >= 11 is 0. The fourth-order valence-corrected chi connectivity index (χ4v) is 3.97. The van der Waals surface area contributed by atoms with Gasteiger partial charge in [-0.05, 0) is 19.1 Å². The van der Waals surface area contributed by atoms with Gasteiger partial charge in [0.25, 0.3) is 5.69 Å². The van der Waals surface area contributed by atoms with E-state index >= 15 is 0 Å². The molecule has 1 saturated heterocycles. The minimum atomic E-state index is -3.93. The number of rotatable bonds is 4. The molecule has 1 N–H and O–H groups in total. The quantitative estimate of drug-likeness (QED) is 0.658. The van der Waals surface area contributed by atoms with Gasteiger partial charge in [-0.15, -0.1) is 0 Å². The van der Waals surface area contributed by atoms with Crippen molar-refractivity contribution in [2.24, 2.45) is 0 Å². The molecule has 1 atom stereocenters. The Balaban J connectivity index is 2.51. The second kappa shape index (κ2) is 5.96. The molecule has 0 radical (unpaired) electrons. The molecule has 1 unspecified atom stereocenters. The maximum Gasteiger partial charge on any atom is 0.291 e. The first kappa shape index (κ1) is 15.7. The van der Waals surface area contributed by atoms with E-state index in [2.05, 4.69) is 5.32 Å². The molecule has 0 amide bonds. The number of morpholine rings is 1. The average molecular weight is 315 g/mol. The molecule has 1 aliphatic heterocycles. The number of nitrogens with one attached hydrogen (secondary N) is 1. The standard InChI is InChI=1S/C12H17N3O5S/c1-9-8-20-6-5-14(9)21(18,19)12-4-3-10(13-2)7-11(12)15(16)17/h3-4,7,9,13H,5-6,8H2,1-2H3. The van der Waals surface area contributed by atoms with Crippen molar-refractivity contribution in [3.63, 3.8) is 0 Å². The Labute approximate surface area is 122 Å². The fourth-order valence-electron chi connectivity index (χ4n) is 2.23. The summed E-state index contributed by atoms with van der Waals surface area (Å²) in [5.41, 5.74) is 0.0521. The maximum atomic E-state index is 12.7. The van der Waals surface area contributed by atoms with E-state index < -0.39 is 20.6 Å². The topological polar surface area (TPSA) is 102 Å². The number of ether oxygens (including phenoxy) is 1. The third-order valence-electron chi connectivity index (χ3n) is 3.34. The predicted octanol–water partition coefficient (Wildman–Crippen LogP) is 1.05. The summed E-state index contributed by atoms with van der Waals surface area (Å²) in [7, 11) is -2.32. The van der Waals surface area contributed by atoms with Gasteiger partial charge in [-0.2, -0.15) is 4.31 Å². The van der Waals surface area contributed by atoms with Crippen LogP contribution in [0.5, 0.6) is 0 Å². The van der Waals surface area contributed by atoms with Gasteiger partial charge in [-0.3, -0.25) is 10.1 Å². The summed E-state index contributed by atoms with van der Waals surface area (Å²) in [6.07, 6.45) is 0. The molecular weight excluding hydrogens is 298 g/mol. The van der Waals surface area contributed by atoms with Gasteiger partial charge in [0.2, 0.25) is 10.0 Å². The zero-order valence-electron chi connectivity index (χ0n) is 11.8. The van der Waals surface area contributed by atoms with Gasteiger partial charge in [-0.1, -0.05) is 0 Å². The van der Waals surface area contributed by atoms with E-state index in [1.54, 1.807) is 14.0 Å². The van der Waals surface area contributed by atoms with E-state index in [-0.39, 0.29) is 30.7 Å². The maximum absolute atomic E-state index is 12.7. The van der Waals surface area contributed by atoms with E-state index in [4.69, 9.17) is 4.74 Å². The molecule has 0 aliphatic carbocycles. The van der Waals surface area contributed by atoms with E-state index in [0.29, 0.717) is 5.69 Å². The molecule has 8 nitrogen and oxygen atoms in total. The molecule has 1 aromatic carbocycles. The van der Waals surface area contributed by atoms with Crippen molar-refractivity contribution in [2.45, 2.75) is 17.9 Å². The summed E-state index contributed by atoms with van der Waals surface area (Å²) in [5.74, 6) is 0. The Bertz CT molecular complexity index is 646. The molecule has 1 heterocycles. The monoisotopic (exact) mass is 315 g/mol. The predicted molar refractivity (Wildman–Crippen MR) is 76.8 cm³/mol. The summed E-state index contributed by atoms with van der Waals surface area (Å²) in [6.45, 7) is 2.46. The van der Waals surface area contributed by atoms with Gasteiger partial charge >= 0.3 is 0 Å². The zero-order chi connectivity index (χ0) is 15.6. The number of nitro benzene ring substituents is 1. The minimum absolute atomic E-state index is 0.189. The van der Waals surface area contributed by atoms with Crippen LogP contribution in [0.4, 0.5) is 11.4 Å². The van der Waals surface area contributed by atoms with E-state index in [0.717, 1.165) is 0 Å². The van der Waals surface area contributed by atoms with Crippen LogP contribution >= 0.6 is 0 Å². The summed E-state index contributed by atoms with van der Waals surface area (Å²) < 4.78 is 31.8. The van der Waals surface area contributed by atoms with Crippen LogP contribution in [0.15, 0.2) is 23.1 Å². The largest absolute Gasteiger partial charge is 0.388 e. The fraction of sp³-hybridized carbons (Fsp3) is 0.500. The van der Waals surface area contributed by atoms with Crippen LogP contribution in [0.1, 0.15) is 6.92 Å². The minimum Gasteiger partial charge on any atom is -0.388 e. The molecule has 0 bridgehead atoms. The number of hydrogen-bond donors (Lipinski definition) is 1. The third kappa shape index (κ3) is 2.99. The molecule has 1 aromatic rings. The Morgan fingerprint density at radius 2 is 2.19 bits per heavy atom. The first-order chi connectivity index (χ1) is 9.87. The van der Waals surface area contributed by atoms with Crippen LogP contribution in [-0.2, 0) is 14.8 Å². The second-order valence-corrected chi connectivity index (χ2v) is 6.59. The highest BCUT2D eigenvalue weighted by molar-refractivity contribution is 7.89. The van der Waals surface area contributed by atoms with Crippen molar-refractivity contribution < 1.29 is 18.1 Å². The lowest BCUT2D eigenvalue weighted by Gasteiger charge is -2.32. The average Bonchev–Trinajstić information content (AvgIpc) is 2.46. The summed E-state index contributed by atoms with van der Waals surface area (Å²) in [5, 5.41) is 13.9. The van der Waals surface area contributed by atoms with E-state index in [1.807, 2.05) is 0 Å². The summed E-state index contributed by atoms with van der Waals surface area (Å²) in [6, 6.07) is 3.64. The van der Waals surface area contributed by atoms with Gasteiger partial charge in [0.05, 0.1) is 18.1 Å². The number of sulfonamides is 1. The van der Waals surface area contributed by atoms with Crippen molar-refractivity contribution in [2.75, 3.05) is 32.1 Å². The molecule has 0 aromatic heterocycles. The smallest absolute Gasteiger partial charge is 0.291 e. The van der Waals surface area contributed by atoms with Crippen LogP contribution in [0.2, 0.25) is 0 Å². The first-order valence-corrected chi connectivity index (χ1v) is 7.87. The van der Waals surface area contributed by atoms with Gasteiger partial charge in [-0.25, -0.2) is 8.42 Å². The molecule has 1 aliphatic rings. The summed E-state index contributed by atoms with van der Waals surface area (Å²) in [4.78, 5) is 10.2. The van der Waals surface area contributed by atoms with Gasteiger partial charge in [0.1, 0.15) is 0 Å². The van der Waals surface area contributed by atoms with Gasteiger partial charge in [0.15, 0.2) is 4.90 Å². The number of benzene rings is 1. The Morgan fingerprint density at radius 1 is 1.48 bits per heavy atom. The lowest BCUT2D eigenvalue weighted by Crippen LogP contribution is -2.47. The van der Waals surface area contributed by atoms with Crippen LogP contribution in [0.25, 0.3) is 0 Å². The first-order valence-electron chi connectivity index (χ1n) is 6.43. The molecule has 9 heteroatoms. The zero-order valence-corrected chi connectivity index (χ0v) is 12.6. The molecule has 1 fully saturated rings. The second-order valence-electron chi connectivity index (χ2n) is 4.73. The molecule has 2 rings (SSSR count). The molecular formula is C12H17N3O5S. The van der Waals surface area contributed by atoms with Crippen molar-refractivity contribution in [1.82, 2.24) is 4.31 Å². The van der Waals surface area contributed by atoms with Gasteiger partial charge in [0, 0.05) is 31.4 Å². The number of anilines is 1. The lowest BCUT2D eigenvalue weighted by atomic mass is 10.3. The Kier molecular flexibility index (Phi) is 4.45. The molecule has 116 valence electrons. The highest BCUT2D eigenvalue weighted by atomic mass is 32.2. The van der Waals surface area contributed by atoms with Crippen LogP contribution in [0, 0.1) is 10.1 Å². The molecule has 21 heavy (non-hydrogen) atoms. The van der Waals surface area contributed by atoms with Crippen molar-refractivity contribution in [3.8, 4) is 0 Å². The van der Waals surface area contributed by atoms with Crippen LogP contribution < -0.4 is 5.32 Å². The Hall–Kier alpha value is -1.71. The van der Waals surface area contributed by atoms with Crippen molar-refractivity contribution in [3.05, 3.63) is 28.3 Å². The van der Waals surface area contributed by atoms with E-state index in [9.17, 15) is 18.5 Å². The number of nitro groups is 1. The number of nitrogens with zero attached hydrogens (tertiary/aromatic N) is 2. The molecule has 0 spiro atoms. The van der Waals surface area contributed by atoms with Crippen LogP contribution in [-0.4, -0.2) is 50.5 Å². The van der Waals surface area contributed by atoms with Crippen LogP contribution in [0.3, 0.4) is 0 Å². The van der Waals surface area contributed by atoms with Crippen molar-refractivity contribution >= 4 is 21.4 Å². The van der Waals surface area contributed by atoms with Crippen molar-refractivity contribution in [1.29, 1.82) is 0 Å². The lowest BCUT2D eigenvalue weighted by molar-refractivity contribution is -0.387. The normalized spacial score (nSPS) is 20.2. The number of hydrogen-bond acceptors (Lipinski definition) is 6. The van der Waals surface area contributed by atoms with E-state index in [1.165, 1.54) is 22.5 Å². The highest BCUT2D eigenvalue weighted by Crippen LogP contribution is 2.30. The highest BCUT2D eigenvalue weighted by Gasteiger charge is 2.36. The van der Waals surface area contributed by atoms with Gasteiger partial charge < -0.3 is 10.1 Å².